The smallest absolute Gasteiger partial charge is 0.00219 e. The van der Waals surface area contributed by atoms with Gasteiger partial charge in [-0.15, -0.1) is 0 Å². The number of nitrogens with one attached hydrogen (secondary N) is 1. The van der Waals surface area contributed by atoms with Crippen LogP contribution in [0.5, 0.6) is 0 Å². The van der Waals surface area contributed by atoms with Gasteiger partial charge >= 0.3 is 0 Å². The van der Waals surface area contributed by atoms with Gasteiger partial charge in [-0.25, -0.2) is 0 Å². The second kappa shape index (κ2) is 5.48. The zero-order valence-electron chi connectivity index (χ0n) is 11.1. The SMILES string of the molecule is CC1CNCC1CN(C)CC1CCN(C)C1. The van der Waals surface area contributed by atoms with Gasteiger partial charge in [-0.05, 0) is 57.9 Å². The molecule has 0 aromatic carbocycles. The van der Waals surface area contributed by atoms with Crippen LogP contribution in [0.3, 0.4) is 0 Å². The minimum absolute atomic E-state index is 0.855. The van der Waals surface area contributed by atoms with E-state index in [0.717, 1.165) is 17.8 Å². The zero-order valence-corrected chi connectivity index (χ0v) is 11.1. The summed E-state index contributed by atoms with van der Waals surface area (Å²) < 4.78 is 0. The van der Waals surface area contributed by atoms with Crippen LogP contribution in [0.4, 0.5) is 0 Å². The number of likely N-dealkylation sites (tertiary alicyclic amines) is 1. The maximum Gasteiger partial charge on any atom is 0.00219 e. The molecule has 0 radical (unpaired) electrons. The van der Waals surface area contributed by atoms with Gasteiger partial charge in [0.05, 0.1) is 0 Å². The predicted molar refractivity (Wildman–Crippen MR) is 68.6 cm³/mol. The fourth-order valence-electron chi connectivity index (χ4n) is 3.20. The van der Waals surface area contributed by atoms with Crippen LogP contribution in [0.15, 0.2) is 0 Å². The lowest BCUT2D eigenvalue weighted by Crippen LogP contribution is -2.33. The largest absolute Gasteiger partial charge is 0.316 e. The highest BCUT2D eigenvalue weighted by atomic mass is 15.2. The third-order valence-electron chi connectivity index (χ3n) is 4.28. The van der Waals surface area contributed by atoms with E-state index >= 15 is 0 Å². The lowest BCUT2D eigenvalue weighted by atomic mass is 9.97. The molecule has 2 aliphatic heterocycles. The Hall–Kier alpha value is -0.120. The fraction of sp³-hybridized carbons (Fsp3) is 1.00. The monoisotopic (exact) mass is 225 g/mol. The maximum atomic E-state index is 3.49. The first-order valence-corrected chi connectivity index (χ1v) is 6.73. The van der Waals surface area contributed by atoms with E-state index in [1.165, 1.54) is 45.7 Å². The van der Waals surface area contributed by atoms with Crippen LogP contribution in [-0.4, -0.2) is 63.2 Å². The average molecular weight is 225 g/mol. The molecule has 0 aliphatic carbocycles. The van der Waals surface area contributed by atoms with E-state index in [4.69, 9.17) is 0 Å². The van der Waals surface area contributed by atoms with Gasteiger partial charge in [-0.3, -0.25) is 0 Å². The molecule has 3 nitrogen and oxygen atoms in total. The van der Waals surface area contributed by atoms with Crippen LogP contribution in [0, 0.1) is 17.8 Å². The predicted octanol–water partition coefficient (Wildman–Crippen LogP) is 0.725. The summed E-state index contributed by atoms with van der Waals surface area (Å²) in [5, 5.41) is 3.49. The van der Waals surface area contributed by atoms with Gasteiger partial charge in [0.1, 0.15) is 0 Å². The Labute approximate surface area is 100 Å². The highest BCUT2D eigenvalue weighted by Crippen LogP contribution is 2.19. The van der Waals surface area contributed by atoms with Crippen molar-refractivity contribution in [2.75, 3.05) is 53.4 Å². The van der Waals surface area contributed by atoms with Gasteiger partial charge in [0, 0.05) is 19.6 Å². The summed E-state index contributed by atoms with van der Waals surface area (Å²) in [6.07, 6.45) is 1.39. The van der Waals surface area contributed by atoms with Gasteiger partial charge in [0.25, 0.3) is 0 Å². The van der Waals surface area contributed by atoms with Crippen LogP contribution >= 0.6 is 0 Å². The summed E-state index contributed by atoms with van der Waals surface area (Å²) in [5.74, 6) is 2.62. The van der Waals surface area contributed by atoms with Gasteiger partial charge in [0.15, 0.2) is 0 Å². The maximum absolute atomic E-state index is 3.49. The topological polar surface area (TPSA) is 18.5 Å². The van der Waals surface area contributed by atoms with Crippen molar-refractivity contribution in [2.45, 2.75) is 13.3 Å². The Kier molecular flexibility index (Phi) is 4.22. The Morgan fingerprint density at radius 3 is 2.69 bits per heavy atom. The molecule has 16 heavy (non-hydrogen) atoms. The highest BCUT2D eigenvalue weighted by molar-refractivity contribution is 4.81. The van der Waals surface area contributed by atoms with E-state index < -0.39 is 0 Å². The first kappa shape index (κ1) is 12.3. The molecule has 2 heterocycles. The molecule has 0 aromatic rings. The Morgan fingerprint density at radius 2 is 2.12 bits per heavy atom. The molecule has 3 heteroatoms. The van der Waals surface area contributed by atoms with Crippen molar-refractivity contribution in [3.05, 3.63) is 0 Å². The molecule has 2 rings (SSSR count). The minimum atomic E-state index is 0.855. The molecular weight excluding hydrogens is 198 g/mol. The van der Waals surface area contributed by atoms with E-state index in [-0.39, 0.29) is 0 Å². The summed E-state index contributed by atoms with van der Waals surface area (Å²) >= 11 is 0. The third-order valence-corrected chi connectivity index (χ3v) is 4.28. The van der Waals surface area contributed by atoms with E-state index in [0.29, 0.717) is 0 Å². The summed E-state index contributed by atoms with van der Waals surface area (Å²) in [4.78, 5) is 5.01. The molecule has 1 N–H and O–H groups in total. The lowest BCUT2D eigenvalue weighted by Gasteiger charge is -2.25. The molecular formula is C13H27N3. The second-order valence-corrected chi connectivity index (χ2v) is 6.03. The molecule has 2 aliphatic rings. The first-order valence-electron chi connectivity index (χ1n) is 6.73. The number of rotatable bonds is 4. The standard InChI is InChI=1S/C13H27N3/c1-11-6-14-7-13(11)10-16(3)9-12-4-5-15(2)8-12/h11-14H,4-10H2,1-3H3. The Balaban J connectivity index is 1.69. The van der Waals surface area contributed by atoms with Gasteiger partial charge in [-0.1, -0.05) is 6.92 Å². The van der Waals surface area contributed by atoms with E-state index in [1.807, 2.05) is 0 Å². The van der Waals surface area contributed by atoms with E-state index in [1.54, 1.807) is 0 Å². The van der Waals surface area contributed by atoms with Crippen molar-refractivity contribution in [1.29, 1.82) is 0 Å². The molecule has 3 atom stereocenters. The number of hydrogen-bond acceptors (Lipinski definition) is 3. The van der Waals surface area contributed by atoms with Crippen molar-refractivity contribution in [2.24, 2.45) is 17.8 Å². The third kappa shape index (κ3) is 3.19. The van der Waals surface area contributed by atoms with Gasteiger partial charge in [0.2, 0.25) is 0 Å². The molecule has 94 valence electrons. The summed E-state index contributed by atoms with van der Waals surface area (Å²) in [6.45, 7) is 9.95. The van der Waals surface area contributed by atoms with Crippen LogP contribution in [0.25, 0.3) is 0 Å². The normalized spacial score (nSPS) is 36.4. The van der Waals surface area contributed by atoms with Crippen molar-refractivity contribution in [1.82, 2.24) is 15.1 Å². The zero-order chi connectivity index (χ0) is 11.5. The molecule has 0 spiro atoms. The van der Waals surface area contributed by atoms with Crippen molar-refractivity contribution >= 4 is 0 Å². The fourth-order valence-corrected chi connectivity index (χ4v) is 3.20. The average Bonchev–Trinajstić information content (AvgIpc) is 2.77. The molecule has 0 saturated carbocycles. The van der Waals surface area contributed by atoms with Crippen LogP contribution in [0.2, 0.25) is 0 Å². The quantitative estimate of drug-likeness (QED) is 0.761. The van der Waals surface area contributed by atoms with Crippen LogP contribution < -0.4 is 5.32 Å². The van der Waals surface area contributed by atoms with Crippen molar-refractivity contribution < 1.29 is 0 Å². The molecule has 0 bridgehead atoms. The van der Waals surface area contributed by atoms with Gasteiger partial charge in [-0.2, -0.15) is 0 Å². The Bertz CT molecular complexity index is 219. The summed E-state index contributed by atoms with van der Waals surface area (Å²) in [7, 11) is 4.53. The summed E-state index contributed by atoms with van der Waals surface area (Å²) in [5.41, 5.74) is 0. The summed E-state index contributed by atoms with van der Waals surface area (Å²) in [6, 6.07) is 0. The minimum Gasteiger partial charge on any atom is -0.316 e. The second-order valence-electron chi connectivity index (χ2n) is 6.03. The first-order chi connectivity index (χ1) is 7.65. The number of nitrogens with zero attached hydrogens (tertiary/aromatic N) is 2. The highest BCUT2D eigenvalue weighted by Gasteiger charge is 2.26. The Morgan fingerprint density at radius 1 is 1.31 bits per heavy atom. The van der Waals surface area contributed by atoms with Crippen LogP contribution in [0.1, 0.15) is 13.3 Å². The molecule has 0 aromatic heterocycles. The molecule has 2 fully saturated rings. The van der Waals surface area contributed by atoms with Crippen molar-refractivity contribution in [3.8, 4) is 0 Å². The molecule has 0 amide bonds. The van der Waals surface area contributed by atoms with Gasteiger partial charge < -0.3 is 15.1 Å². The molecule has 2 saturated heterocycles. The van der Waals surface area contributed by atoms with Crippen molar-refractivity contribution in [3.63, 3.8) is 0 Å². The lowest BCUT2D eigenvalue weighted by molar-refractivity contribution is 0.225. The van der Waals surface area contributed by atoms with E-state index in [9.17, 15) is 0 Å². The van der Waals surface area contributed by atoms with E-state index in [2.05, 4.69) is 36.1 Å². The molecule has 3 unspecified atom stereocenters. The number of hydrogen-bond donors (Lipinski definition) is 1. The van der Waals surface area contributed by atoms with Crippen LogP contribution in [-0.2, 0) is 0 Å².